The van der Waals surface area contributed by atoms with Crippen molar-refractivity contribution in [3.05, 3.63) is 41.5 Å². The van der Waals surface area contributed by atoms with Gasteiger partial charge in [0.15, 0.2) is 5.96 Å². The van der Waals surface area contributed by atoms with E-state index in [1.165, 1.54) is 5.56 Å². The summed E-state index contributed by atoms with van der Waals surface area (Å²) >= 11 is 0. The summed E-state index contributed by atoms with van der Waals surface area (Å²) in [6.45, 7) is 7.11. The van der Waals surface area contributed by atoms with Crippen molar-refractivity contribution in [1.29, 1.82) is 0 Å². The van der Waals surface area contributed by atoms with Gasteiger partial charge in [0.2, 0.25) is 0 Å². The number of aliphatic imine (C=N–C) groups is 1. The van der Waals surface area contributed by atoms with Crippen LogP contribution >= 0.6 is 0 Å². The van der Waals surface area contributed by atoms with E-state index in [9.17, 15) is 0 Å². The van der Waals surface area contributed by atoms with Gasteiger partial charge >= 0.3 is 0 Å². The van der Waals surface area contributed by atoms with E-state index < -0.39 is 0 Å². The van der Waals surface area contributed by atoms with Crippen LogP contribution in [0.3, 0.4) is 0 Å². The Kier molecular flexibility index (Phi) is 8.32. The number of hydrogen-bond donors (Lipinski definition) is 2. The maximum Gasteiger partial charge on any atom is 0.191 e. The van der Waals surface area contributed by atoms with Crippen LogP contribution in [-0.2, 0) is 11.3 Å². The number of guanidine groups is 1. The lowest BCUT2D eigenvalue weighted by Crippen LogP contribution is -2.37. The molecule has 1 fully saturated rings. The molecule has 1 aliphatic rings. The van der Waals surface area contributed by atoms with Crippen LogP contribution in [0.15, 0.2) is 35.3 Å². The third-order valence-corrected chi connectivity index (χ3v) is 4.18. The van der Waals surface area contributed by atoms with Gasteiger partial charge in [-0.05, 0) is 44.7 Å². The third-order valence-electron chi connectivity index (χ3n) is 4.18. The fourth-order valence-corrected chi connectivity index (χ4v) is 2.74. The monoisotopic (exact) mass is 345 g/mol. The van der Waals surface area contributed by atoms with Gasteiger partial charge in [-0.2, -0.15) is 0 Å². The maximum atomic E-state index is 6.05. The zero-order valence-corrected chi connectivity index (χ0v) is 15.7. The summed E-state index contributed by atoms with van der Waals surface area (Å²) in [6.07, 6.45) is 7.62. The van der Waals surface area contributed by atoms with Gasteiger partial charge in [-0.25, -0.2) is 0 Å². The lowest BCUT2D eigenvalue weighted by Gasteiger charge is -2.17. The molecule has 0 aliphatic carbocycles. The van der Waals surface area contributed by atoms with Crippen LogP contribution in [0.1, 0.15) is 37.3 Å². The molecule has 0 spiro atoms. The molecule has 1 saturated heterocycles. The molecular formula is C20H31N3O2. The van der Waals surface area contributed by atoms with Crippen LogP contribution in [0.5, 0.6) is 5.75 Å². The maximum absolute atomic E-state index is 6.05. The molecular weight excluding hydrogens is 314 g/mol. The molecule has 1 aliphatic heterocycles. The SMILES string of the molecule is C/C=C/CCNC(=NC)NCc1ccc(C)cc1OCC1CCCO1. The van der Waals surface area contributed by atoms with Gasteiger partial charge in [0.25, 0.3) is 0 Å². The first-order valence-corrected chi connectivity index (χ1v) is 9.12. The minimum absolute atomic E-state index is 0.224. The highest BCUT2D eigenvalue weighted by Gasteiger charge is 2.17. The Hall–Kier alpha value is -2.01. The minimum Gasteiger partial charge on any atom is -0.491 e. The topological polar surface area (TPSA) is 54.9 Å². The first-order valence-electron chi connectivity index (χ1n) is 9.12. The van der Waals surface area contributed by atoms with E-state index in [2.05, 4.69) is 52.9 Å². The van der Waals surface area contributed by atoms with Crippen LogP contribution in [0.25, 0.3) is 0 Å². The Balaban J connectivity index is 1.88. The molecule has 5 heteroatoms. The number of benzene rings is 1. The van der Waals surface area contributed by atoms with E-state index in [1.807, 2.05) is 6.92 Å². The quantitative estimate of drug-likeness (QED) is 0.329. The van der Waals surface area contributed by atoms with Gasteiger partial charge in [0.1, 0.15) is 12.4 Å². The standard InChI is InChI=1S/C20H31N3O2/c1-4-5-6-11-22-20(21-3)23-14-17-10-9-16(2)13-19(17)25-15-18-8-7-12-24-18/h4-5,9-10,13,18H,6-8,11-12,14-15H2,1-3H3,(H2,21,22,23)/b5-4+. The van der Waals surface area contributed by atoms with Crippen LogP contribution in [0.4, 0.5) is 0 Å². The number of rotatable bonds is 8. The second-order valence-electron chi connectivity index (χ2n) is 6.27. The molecule has 2 rings (SSSR count). The van der Waals surface area contributed by atoms with Crippen molar-refractivity contribution >= 4 is 5.96 Å². The van der Waals surface area contributed by atoms with E-state index in [-0.39, 0.29) is 6.10 Å². The van der Waals surface area contributed by atoms with Crippen molar-refractivity contribution in [3.63, 3.8) is 0 Å². The van der Waals surface area contributed by atoms with Crippen molar-refractivity contribution in [2.24, 2.45) is 4.99 Å². The van der Waals surface area contributed by atoms with E-state index in [1.54, 1.807) is 7.05 Å². The molecule has 25 heavy (non-hydrogen) atoms. The van der Waals surface area contributed by atoms with Gasteiger partial charge in [-0.15, -0.1) is 0 Å². The summed E-state index contributed by atoms with van der Waals surface area (Å²) in [7, 11) is 1.79. The zero-order chi connectivity index (χ0) is 17.9. The average Bonchev–Trinajstić information content (AvgIpc) is 3.14. The summed E-state index contributed by atoms with van der Waals surface area (Å²) < 4.78 is 11.7. The molecule has 0 saturated carbocycles. The fourth-order valence-electron chi connectivity index (χ4n) is 2.74. The molecule has 0 radical (unpaired) electrons. The van der Waals surface area contributed by atoms with Crippen LogP contribution in [-0.4, -0.2) is 38.9 Å². The summed E-state index contributed by atoms with van der Waals surface area (Å²) in [5, 5.41) is 6.66. The van der Waals surface area contributed by atoms with Crippen LogP contribution in [0.2, 0.25) is 0 Å². The second-order valence-corrected chi connectivity index (χ2v) is 6.27. The highest BCUT2D eigenvalue weighted by molar-refractivity contribution is 5.79. The number of hydrogen-bond acceptors (Lipinski definition) is 3. The largest absolute Gasteiger partial charge is 0.491 e. The van der Waals surface area contributed by atoms with Crippen molar-refractivity contribution in [2.75, 3.05) is 26.8 Å². The van der Waals surface area contributed by atoms with Crippen LogP contribution < -0.4 is 15.4 Å². The van der Waals surface area contributed by atoms with Crippen molar-refractivity contribution in [2.45, 2.75) is 45.8 Å². The molecule has 138 valence electrons. The Bertz CT molecular complexity index is 578. The van der Waals surface area contributed by atoms with E-state index in [0.717, 1.165) is 49.7 Å². The van der Waals surface area contributed by atoms with E-state index in [4.69, 9.17) is 9.47 Å². The second kappa shape index (κ2) is 10.8. The Morgan fingerprint density at radius 3 is 3.00 bits per heavy atom. The molecule has 2 N–H and O–H groups in total. The van der Waals surface area contributed by atoms with E-state index in [0.29, 0.717) is 13.2 Å². The summed E-state index contributed by atoms with van der Waals surface area (Å²) in [4.78, 5) is 4.27. The predicted molar refractivity (Wildman–Crippen MR) is 103 cm³/mol. The smallest absolute Gasteiger partial charge is 0.191 e. The van der Waals surface area contributed by atoms with Crippen molar-refractivity contribution in [1.82, 2.24) is 10.6 Å². The van der Waals surface area contributed by atoms with Gasteiger partial charge in [-0.3, -0.25) is 4.99 Å². The Morgan fingerprint density at radius 1 is 1.40 bits per heavy atom. The highest BCUT2D eigenvalue weighted by atomic mass is 16.5. The minimum atomic E-state index is 0.224. The first-order chi connectivity index (χ1) is 12.2. The number of nitrogens with one attached hydrogen (secondary N) is 2. The first kappa shape index (κ1) is 19.3. The molecule has 0 aromatic heterocycles. The fraction of sp³-hybridized carbons (Fsp3) is 0.550. The molecule has 1 atom stereocenters. The van der Waals surface area contributed by atoms with Gasteiger partial charge in [0.05, 0.1) is 6.10 Å². The third kappa shape index (κ3) is 6.78. The molecule has 0 amide bonds. The van der Waals surface area contributed by atoms with Crippen LogP contribution in [0, 0.1) is 6.92 Å². The summed E-state index contributed by atoms with van der Waals surface area (Å²) in [6, 6.07) is 6.31. The molecule has 1 heterocycles. The van der Waals surface area contributed by atoms with Gasteiger partial charge in [-0.1, -0.05) is 24.3 Å². The number of aryl methyl sites for hydroxylation is 1. The van der Waals surface area contributed by atoms with Gasteiger partial charge < -0.3 is 20.1 Å². The average molecular weight is 345 g/mol. The molecule has 1 aromatic rings. The molecule has 0 bridgehead atoms. The lowest BCUT2D eigenvalue weighted by molar-refractivity contribution is 0.0676. The lowest BCUT2D eigenvalue weighted by atomic mass is 10.1. The normalized spacial score (nSPS) is 17.9. The Morgan fingerprint density at radius 2 is 2.28 bits per heavy atom. The predicted octanol–water partition coefficient (Wildman–Crippen LogP) is 3.18. The van der Waals surface area contributed by atoms with Crippen molar-refractivity contribution in [3.8, 4) is 5.75 Å². The molecule has 5 nitrogen and oxygen atoms in total. The van der Waals surface area contributed by atoms with E-state index >= 15 is 0 Å². The summed E-state index contributed by atoms with van der Waals surface area (Å²) in [5.74, 6) is 1.72. The number of ether oxygens (including phenoxy) is 2. The number of allylic oxidation sites excluding steroid dienone is 1. The molecule has 1 aromatic carbocycles. The zero-order valence-electron chi connectivity index (χ0n) is 15.7. The van der Waals surface area contributed by atoms with Crippen molar-refractivity contribution < 1.29 is 9.47 Å². The summed E-state index contributed by atoms with van der Waals surface area (Å²) in [5.41, 5.74) is 2.32. The highest BCUT2D eigenvalue weighted by Crippen LogP contribution is 2.22. The number of nitrogens with zero attached hydrogens (tertiary/aromatic N) is 1. The van der Waals surface area contributed by atoms with Gasteiger partial charge in [0, 0.05) is 32.3 Å². The molecule has 1 unspecified atom stereocenters. The Labute approximate surface area is 151 Å².